The van der Waals surface area contributed by atoms with Crippen LogP contribution < -0.4 is 9.64 Å². The fourth-order valence-corrected chi connectivity index (χ4v) is 3.36. The zero-order chi connectivity index (χ0) is 18.4. The molecule has 0 saturated carbocycles. The maximum Gasteiger partial charge on any atom is 0.246 e. The number of ether oxygens (including phenoxy) is 1. The van der Waals surface area contributed by atoms with Crippen molar-refractivity contribution in [2.75, 3.05) is 33.3 Å². The first-order valence-electron chi connectivity index (χ1n) is 8.83. The van der Waals surface area contributed by atoms with Crippen molar-refractivity contribution in [3.05, 3.63) is 70.8 Å². The minimum atomic E-state index is 0.0719. The molecular formula is C21H24ClN2O2+. The van der Waals surface area contributed by atoms with Gasteiger partial charge in [0.25, 0.3) is 0 Å². The van der Waals surface area contributed by atoms with E-state index in [-0.39, 0.29) is 5.91 Å². The zero-order valence-electron chi connectivity index (χ0n) is 15.0. The van der Waals surface area contributed by atoms with Gasteiger partial charge < -0.3 is 14.5 Å². The van der Waals surface area contributed by atoms with Crippen molar-refractivity contribution in [3.63, 3.8) is 0 Å². The predicted molar refractivity (Wildman–Crippen MR) is 104 cm³/mol. The van der Waals surface area contributed by atoms with E-state index < -0.39 is 0 Å². The van der Waals surface area contributed by atoms with Crippen LogP contribution in [0.4, 0.5) is 0 Å². The Balaban J connectivity index is 1.49. The third kappa shape index (κ3) is 5.10. The molecule has 0 aliphatic carbocycles. The molecular weight excluding hydrogens is 348 g/mol. The van der Waals surface area contributed by atoms with Crippen LogP contribution in [-0.4, -0.2) is 44.1 Å². The number of methoxy groups -OCH3 is 1. The van der Waals surface area contributed by atoms with E-state index >= 15 is 0 Å². The van der Waals surface area contributed by atoms with Gasteiger partial charge in [0, 0.05) is 16.7 Å². The van der Waals surface area contributed by atoms with Crippen molar-refractivity contribution < 1.29 is 14.4 Å². The second-order valence-corrected chi connectivity index (χ2v) is 6.92. The number of hydrogen-bond donors (Lipinski definition) is 1. The molecule has 1 heterocycles. The van der Waals surface area contributed by atoms with Crippen LogP contribution in [0.3, 0.4) is 0 Å². The Morgan fingerprint density at radius 3 is 2.58 bits per heavy atom. The topological polar surface area (TPSA) is 34.0 Å². The molecule has 26 heavy (non-hydrogen) atoms. The van der Waals surface area contributed by atoms with Crippen LogP contribution in [0.15, 0.2) is 54.6 Å². The predicted octanol–water partition coefficient (Wildman–Crippen LogP) is 2.29. The highest BCUT2D eigenvalue weighted by Crippen LogP contribution is 2.12. The molecule has 2 aromatic carbocycles. The number of carbonyl (C=O) groups is 1. The van der Waals surface area contributed by atoms with Gasteiger partial charge in [-0.05, 0) is 35.9 Å². The minimum absolute atomic E-state index is 0.0719. The lowest BCUT2D eigenvalue weighted by atomic mass is 10.2. The summed E-state index contributed by atoms with van der Waals surface area (Å²) in [4.78, 5) is 15.8. The summed E-state index contributed by atoms with van der Waals surface area (Å²) in [6.07, 6.45) is 3.51. The number of amides is 1. The molecule has 0 atom stereocenters. The first kappa shape index (κ1) is 18.5. The van der Waals surface area contributed by atoms with Gasteiger partial charge in [0.2, 0.25) is 5.91 Å². The van der Waals surface area contributed by atoms with E-state index in [1.54, 1.807) is 13.2 Å². The Bertz CT molecular complexity index is 766. The quantitative estimate of drug-likeness (QED) is 0.818. The van der Waals surface area contributed by atoms with Gasteiger partial charge in [-0.25, -0.2) is 0 Å². The normalized spacial score (nSPS) is 15.4. The molecule has 0 bridgehead atoms. The second kappa shape index (κ2) is 8.88. The number of hydrogen-bond acceptors (Lipinski definition) is 2. The van der Waals surface area contributed by atoms with Crippen molar-refractivity contribution in [2.45, 2.75) is 6.54 Å². The lowest BCUT2D eigenvalue weighted by Gasteiger charge is -2.31. The number of carbonyl (C=O) groups excluding carboxylic acids is 1. The summed E-state index contributed by atoms with van der Waals surface area (Å²) in [5.41, 5.74) is 2.23. The van der Waals surface area contributed by atoms with Crippen LogP contribution in [-0.2, 0) is 11.3 Å². The van der Waals surface area contributed by atoms with Gasteiger partial charge in [-0.3, -0.25) is 4.79 Å². The third-order valence-electron chi connectivity index (χ3n) is 4.66. The molecule has 136 valence electrons. The van der Waals surface area contributed by atoms with Gasteiger partial charge in [-0.1, -0.05) is 35.9 Å². The lowest BCUT2D eigenvalue weighted by Crippen LogP contribution is -3.13. The van der Waals surface area contributed by atoms with E-state index in [9.17, 15) is 4.79 Å². The summed E-state index contributed by atoms with van der Waals surface area (Å²) in [6, 6.07) is 15.7. The Morgan fingerprint density at radius 1 is 1.19 bits per heavy atom. The number of quaternary nitrogens is 1. The van der Waals surface area contributed by atoms with E-state index in [1.165, 1.54) is 10.5 Å². The summed E-state index contributed by atoms with van der Waals surface area (Å²) in [7, 11) is 1.64. The van der Waals surface area contributed by atoms with Gasteiger partial charge in [0.15, 0.2) is 0 Å². The van der Waals surface area contributed by atoms with E-state index in [0.29, 0.717) is 0 Å². The molecule has 1 amide bonds. The standard InChI is InChI=1S/C21H23ClN2O2/c1-26-20-8-5-17(6-9-20)7-10-21(25)24-13-11-23(12-14-24)16-18-3-2-4-19(22)15-18/h2-10,15H,11-14,16H2,1H3/p+1/b10-7+. The average Bonchev–Trinajstić information content (AvgIpc) is 2.67. The van der Waals surface area contributed by atoms with Gasteiger partial charge in [-0.2, -0.15) is 0 Å². The molecule has 1 aliphatic heterocycles. The fraction of sp³-hybridized carbons (Fsp3) is 0.286. The average molecular weight is 372 g/mol. The van der Waals surface area contributed by atoms with Crippen LogP contribution >= 0.6 is 11.6 Å². The molecule has 0 spiro atoms. The van der Waals surface area contributed by atoms with Crippen molar-refractivity contribution in [3.8, 4) is 5.75 Å². The molecule has 0 radical (unpaired) electrons. The Hall–Kier alpha value is -2.30. The molecule has 5 heteroatoms. The van der Waals surface area contributed by atoms with Crippen molar-refractivity contribution in [2.24, 2.45) is 0 Å². The van der Waals surface area contributed by atoms with Crippen LogP contribution in [0.25, 0.3) is 6.08 Å². The zero-order valence-corrected chi connectivity index (χ0v) is 15.7. The first-order valence-corrected chi connectivity index (χ1v) is 9.21. The number of halogens is 1. The fourth-order valence-electron chi connectivity index (χ4n) is 3.14. The highest BCUT2D eigenvalue weighted by Gasteiger charge is 2.22. The maximum absolute atomic E-state index is 12.4. The van der Waals surface area contributed by atoms with Crippen molar-refractivity contribution in [1.29, 1.82) is 0 Å². The Morgan fingerprint density at radius 2 is 1.92 bits per heavy atom. The maximum atomic E-state index is 12.4. The summed E-state index contributed by atoms with van der Waals surface area (Å²) < 4.78 is 5.14. The number of benzene rings is 2. The lowest BCUT2D eigenvalue weighted by molar-refractivity contribution is -0.917. The van der Waals surface area contributed by atoms with Crippen LogP contribution in [0, 0.1) is 0 Å². The monoisotopic (exact) mass is 371 g/mol. The molecule has 2 aromatic rings. The molecule has 1 aliphatic rings. The van der Waals surface area contributed by atoms with Gasteiger partial charge in [0.05, 0.1) is 33.3 Å². The number of nitrogens with zero attached hydrogens (tertiary/aromatic N) is 1. The van der Waals surface area contributed by atoms with Gasteiger partial charge in [-0.15, -0.1) is 0 Å². The Kier molecular flexibility index (Phi) is 6.31. The highest BCUT2D eigenvalue weighted by molar-refractivity contribution is 6.30. The summed E-state index contributed by atoms with van der Waals surface area (Å²) in [5, 5.41) is 0.777. The van der Waals surface area contributed by atoms with Crippen LogP contribution in [0.5, 0.6) is 5.75 Å². The first-order chi connectivity index (χ1) is 12.6. The number of nitrogens with one attached hydrogen (secondary N) is 1. The van der Waals surface area contributed by atoms with Crippen LogP contribution in [0.2, 0.25) is 5.02 Å². The third-order valence-corrected chi connectivity index (χ3v) is 4.89. The number of rotatable bonds is 5. The van der Waals surface area contributed by atoms with E-state index in [0.717, 1.165) is 49.1 Å². The molecule has 0 unspecified atom stereocenters. The van der Waals surface area contributed by atoms with E-state index in [1.807, 2.05) is 53.4 Å². The van der Waals surface area contributed by atoms with E-state index in [4.69, 9.17) is 16.3 Å². The second-order valence-electron chi connectivity index (χ2n) is 6.49. The summed E-state index contributed by atoms with van der Waals surface area (Å²) in [5.74, 6) is 0.884. The molecule has 4 nitrogen and oxygen atoms in total. The molecule has 1 fully saturated rings. The number of piperazine rings is 1. The largest absolute Gasteiger partial charge is 0.497 e. The SMILES string of the molecule is COc1ccc(/C=C/C(=O)N2CC[NH+](Cc3cccc(Cl)c3)CC2)cc1. The molecule has 1 N–H and O–H groups in total. The smallest absolute Gasteiger partial charge is 0.246 e. The molecule has 0 aromatic heterocycles. The minimum Gasteiger partial charge on any atom is -0.497 e. The summed E-state index contributed by atoms with van der Waals surface area (Å²) in [6.45, 7) is 4.41. The van der Waals surface area contributed by atoms with Crippen LogP contribution in [0.1, 0.15) is 11.1 Å². The molecule has 1 saturated heterocycles. The summed E-state index contributed by atoms with van der Waals surface area (Å²) >= 11 is 6.05. The molecule has 3 rings (SSSR count). The Labute approximate surface area is 159 Å². The van der Waals surface area contributed by atoms with Gasteiger partial charge >= 0.3 is 0 Å². The van der Waals surface area contributed by atoms with Gasteiger partial charge in [0.1, 0.15) is 12.3 Å². The van der Waals surface area contributed by atoms with Crippen molar-refractivity contribution in [1.82, 2.24) is 4.90 Å². The van der Waals surface area contributed by atoms with Crippen molar-refractivity contribution >= 4 is 23.6 Å². The van der Waals surface area contributed by atoms with E-state index in [2.05, 4.69) is 6.07 Å². The highest BCUT2D eigenvalue weighted by atomic mass is 35.5.